The second-order valence-electron chi connectivity index (χ2n) is 1.01. The first-order valence-corrected chi connectivity index (χ1v) is 2.86. The standard InChI is InChI=1S/C4H5FO3Si/c1-2-4(6)7-3-8-9-5/h2H,1,3H2. The maximum absolute atomic E-state index is 11.1. The van der Waals surface area contributed by atoms with E-state index in [0.717, 1.165) is 6.08 Å². The van der Waals surface area contributed by atoms with Gasteiger partial charge in [-0.1, -0.05) is 6.58 Å². The molecule has 0 heterocycles. The predicted octanol–water partition coefficient (Wildman–Crippen LogP) is 0.193. The molecular formula is C4H5FO3Si. The Morgan fingerprint density at radius 2 is 2.56 bits per heavy atom. The third-order valence-corrected chi connectivity index (χ3v) is 0.708. The summed E-state index contributed by atoms with van der Waals surface area (Å²) in [4.78, 5) is 10.1. The van der Waals surface area contributed by atoms with Gasteiger partial charge in [0.25, 0.3) is 0 Å². The number of ether oxygens (including phenoxy) is 1. The van der Waals surface area contributed by atoms with Crippen molar-refractivity contribution in [3.63, 3.8) is 0 Å². The van der Waals surface area contributed by atoms with Crippen molar-refractivity contribution in [1.29, 1.82) is 0 Å². The maximum atomic E-state index is 11.1. The molecule has 0 aliphatic rings. The van der Waals surface area contributed by atoms with Crippen LogP contribution in [0.1, 0.15) is 0 Å². The Bertz CT molecular complexity index is 106. The molecule has 0 fully saturated rings. The summed E-state index contributed by atoms with van der Waals surface area (Å²) >= 11 is 0. The SMILES string of the molecule is C=CC(=O)OCO[Si]F. The molecule has 9 heavy (non-hydrogen) atoms. The van der Waals surface area contributed by atoms with Crippen LogP contribution in [0.5, 0.6) is 0 Å². The number of rotatable bonds is 4. The van der Waals surface area contributed by atoms with Gasteiger partial charge in [0.1, 0.15) is 0 Å². The minimum atomic E-state index is -1.15. The highest BCUT2D eigenvalue weighted by Crippen LogP contribution is 1.79. The van der Waals surface area contributed by atoms with Crippen molar-refractivity contribution >= 4 is 16.1 Å². The highest BCUT2D eigenvalue weighted by molar-refractivity contribution is 6.16. The fourth-order valence-corrected chi connectivity index (χ4v) is 0.272. The smallest absolute Gasteiger partial charge is 0.436 e. The summed E-state index contributed by atoms with van der Waals surface area (Å²) < 4.78 is 19.4. The van der Waals surface area contributed by atoms with Crippen LogP contribution < -0.4 is 0 Å². The average Bonchev–Trinajstić information content (AvgIpc) is 1.89. The van der Waals surface area contributed by atoms with Gasteiger partial charge in [-0.25, -0.2) is 4.79 Å². The molecule has 0 saturated heterocycles. The molecule has 0 spiro atoms. The third kappa shape index (κ3) is 5.18. The summed E-state index contributed by atoms with van der Waals surface area (Å²) in [6, 6.07) is 0. The van der Waals surface area contributed by atoms with E-state index < -0.39 is 16.1 Å². The highest BCUT2D eigenvalue weighted by atomic mass is 28.3. The van der Waals surface area contributed by atoms with E-state index in [4.69, 9.17) is 0 Å². The van der Waals surface area contributed by atoms with Gasteiger partial charge < -0.3 is 9.16 Å². The number of hydrogen-bond acceptors (Lipinski definition) is 3. The van der Waals surface area contributed by atoms with Crippen LogP contribution in [0.3, 0.4) is 0 Å². The zero-order valence-corrected chi connectivity index (χ0v) is 5.59. The van der Waals surface area contributed by atoms with Crippen LogP contribution in [0, 0.1) is 0 Å². The van der Waals surface area contributed by atoms with E-state index in [0.29, 0.717) is 0 Å². The van der Waals surface area contributed by atoms with Crippen molar-refractivity contribution in [1.82, 2.24) is 0 Å². The molecule has 0 rings (SSSR count). The Kier molecular flexibility index (Phi) is 5.04. The first kappa shape index (κ1) is 8.32. The van der Waals surface area contributed by atoms with E-state index in [9.17, 15) is 8.90 Å². The molecule has 0 amide bonds. The molecule has 0 aliphatic heterocycles. The number of carbonyl (C=O) groups excluding carboxylic acids is 1. The normalized spacial score (nSPS) is 8.56. The van der Waals surface area contributed by atoms with Crippen LogP contribution in [0.2, 0.25) is 0 Å². The van der Waals surface area contributed by atoms with Crippen molar-refractivity contribution in [3.05, 3.63) is 12.7 Å². The number of halogens is 1. The van der Waals surface area contributed by atoms with Gasteiger partial charge in [-0.3, -0.25) is 4.11 Å². The van der Waals surface area contributed by atoms with Crippen molar-refractivity contribution in [3.8, 4) is 0 Å². The second-order valence-corrected chi connectivity index (χ2v) is 1.45. The summed E-state index contributed by atoms with van der Waals surface area (Å²) in [5.41, 5.74) is 0. The Balaban J connectivity index is 3.07. The van der Waals surface area contributed by atoms with E-state index in [1.165, 1.54) is 0 Å². The fourth-order valence-electron chi connectivity index (χ4n) is 0.169. The molecule has 3 nitrogen and oxygen atoms in total. The first-order chi connectivity index (χ1) is 4.31. The van der Waals surface area contributed by atoms with Crippen LogP contribution in [0.4, 0.5) is 4.11 Å². The van der Waals surface area contributed by atoms with Crippen LogP contribution in [0.15, 0.2) is 12.7 Å². The van der Waals surface area contributed by atoms with Crippen molar-refractivity contribution in [2.45, 2.75) is 0 Å². The van der Waals surface area contributed by atoms with Crippen molar-refractivity contribution < 1.29 is 18.1 Å². The lowest BCUT2D eigenvalue weighted by Crippen LogP contribution is -2.05. The summed E-state index contributed by atoms with van der Waals surface area (Å²) in [7, 11) is -1.15. The Morgan fingerprint density at radius 3 is 3.00 bits per heavy atom. The number of esters is 1. The molecule has 0 aliphatic carbocycles. The number of carbonyl (C=O) groups is 1. The fraction of sp³-hybridized carbons (Fsp3) is 0.250. The van der Waals surface area contributed by atoms with Gasteiger partial charge in [0, 0.05) is 6.08 Å². The summed E-state index contributed by atoms with van der Waals surface area (Å²) in [6.07, 6.45) is 0.977. The topological polar surface area (TPSA) is 35.5 Å². The molecule has 0 bridgehead atoms. The molecule has 0 N–H and O–H groups in total. The molecule has 0 aromatic heterocycles. The lowest BCUT2D eigenvalue weighted by molar-refractivity contribution is -0.144. The van der Waals surface area contributed by atoms with E-state index in [1.807, 2.05) is 0 Å². The van der Waals surface area contributed by atoms with Gasteiger partial charge in [0.2, 0.25) is 0 Å². The molecular weight excluding hydrogens is 143 g/mol. The summed E-state index contributed by atoms with van der Waals surface area (Å²) in [6.45, 7) is 2.77. The summed E-state index contributed by atoms with van der Waals surface area (Å²) in [5.74, 6) is -0.617. The van der Waals surface area contributed by atoms with E-state index in [1.54, 1.807) is 0 Å². The third-order valence-electron chi connectivity index (χ3n) is 0.481. The number of hydrogen-bond donors (Lipinski definition) is 0. The van der Waals surface area contributed by atoms with Gasteiger partial charge in [-0.2, -0.15) is 0 Å². The summed E-state index contributed by atoms with van der Waals surface area (Å²) in [5, 5.41) is 0. The lowest BCUT2D eigenvalue weighted by Gasteiger charge is -1.96. The van der Waals surface area contributed by atoms with Crippen LogP contribution in [0.25, 0.3) is 0 Å². The molecule has 2 radical (unpaired) electrons. The molecule has 0 atom stereocenters. The van der Waals surface area contributed by atoms with E-state index in [-0.39, 0.29) is 6.79 Å². The predicted molar refractivity (Wildman–Crippen MR) is 29.1 cm³/mol. The van der Waals surface area contributed by atoms with Gasteiger partial charge in [0.05, 0.1) is 0 Å². The molecule has 0 unspecified atom stereocenters. The molecule has 5 heteroatoms. The quantitative estimate of drug-likeness (QED) is 0.143. The Morgan fingerprint density at radius 1 is 1.89 bits per heavy atom. The van der Waals surface area contributed by atoms with Crippen LogP contribution in [-0.2, 0) is 14.0 Å². The molecule has 50 valence electrons. The second kappa shape index (κ2) is 5.45. The maximum Gasteiger partial charge on any atom is 0.488 e. The van der Waals surface area contributed by atoms with Gasteiger partial charge >= 0.3 is 16.1 Å². The molecule has 0 saturated carbocycles. The molecule has 0 aromatic carbocycles. The molecule has 0 aromatic rings. The average molecular weight is 148 g/mol. The first-order valence-electron chi connectivity index (χ1n) is 2.08. The lowest BCUT2D eigenvalue weighted by atomic mass is 10.7. The van der Waals surface area contributed by atoms with Gasteiger partial charge in [0.15, 0.2) is 6.79 Å². The zero-order valence-electron chi connectivity index (χ0n) is 4.59. The highest BCUT2D eigenvalue weighted by Gasteiger charge is 1.93. The van der Waals surface area contributed by atoms with Crippen molar-refractivity contribution in [2.24, 2.45) is 0 Å². The minimum absolute atomic E-state index is 0.347. The van der Waals surface area contributed by atoms with Crippen molar-refractivity contribution in [2.75, 3.05) is 6.79 Å². The van der Waals surface area contributed by atoms with E-state index in [2.05, 4.69) is 15.7 Å². The Hall–Kier alpha value is -0.683. The minimum Gasteiger partial charge on any atom is -0.436 e. The largest absolute Gasteiger partial charge is 0.488 e. The van der Waals surface area contributed by atoms with E-state index >= 15 is 0 Å². The van der Waals surface area contributed by atoms with Gasteiger partial charge in [-0.15, -0.1) is 0 Å². The van der Waals surface area contributed by atoms with Gasteiger partial charge in [-0.05, 0) is 0 Å². The van der Waals surface area contributed by atoms with Crippen LogP contribution in [-0.4, -0.2) is 22.9 Å². The monoisotopic (exact) mass is 148 g/mol. The van der Waals surface area contributed by atoms with Crippen LogP contribution >= 0.6 is 0 Å². The Labute approximate surface area is 54.6 Å². The zero-order chi connectivity index (χ0) is 7.11.